The highest BCUT2D eigenvalue weighted by Crippen LogP contribution is 2.21. The molecule has 0 atom stereocenters. The molecule has 104 valence electrons. The second-order valence-corrected chi connectivity index (χ2v) is 4.78. The maximum absolute atomic E-state index is 12.0. The van der Waals surface area contributed by atoms with Gasteiger partial charge in [-0.1, -0.05) is 13.8 Å². The third kappa shape index (κ3) is 6.05. The molecule has 1 rings (SSSR count). The number of aromatic nitrogens is 2. The summed E-state index contributed by atoms with van der Waals surface area (Å²) in [6.07, 6.45) is -1.37. The molecule has 0 aliphatic rings. The van der Waals surface area contributed by atoms with E-state index in [1.807, 2.05) is 0 Å². The highest BCUT2D eigenvalue weighted by molar-refractivity contribution is 4.91. The summed E-state index contributed by atoms with van der Waals surface area (Å²) in [5, 5.41) is 3.23. The van der Waals surface area contributed by atoms with Crippen molar-refractivity contribution in [3.05, 3.63) is 18.2 Å². The van der Waals surface area contributed by atoms with Gasteiger partial charge >= 0.3 is 6.18 Å². The van der Waals surface area contributed by atoms with Crippen LogP contribution in [-0.4, -0.2) is 22.3 Å². The number of imidazole rings is 1. The number of nitrogens with one attached hydrogen (secondary N) is 1. The molecule has 0 saturated heterocycles. The van der Waals surface area contributed by atoms with Crippen LogP contribution >= 0.6 is 0 Å². The molecule has 1 aromatic heterocycles. The van der Waals surface area contributed by atoms with Crippen LogP contribution in [0.5, 0.6) is 0 Å². The summed E-state index contributed by atoms with van der Waals surface area (Å²) in [4.78, 5) is 4.15. The molecule has 1 N–H and O–H groups in total. The lowest BCUT2D eigenvalue weighted by Crippen LogP contribution is -2.21. The zero-order valence-corrected chi connectivity index (χ0v) is 10.8. The van der Waals surface area contributed by atoms with Crippen molar-refractivity contribution >= 4 is 0 Å². The molecule has 0 aromatic carbocycles. The fourth-order valence-electron chi connectivity index (χ4n) is 1.63. The Balaban J connectivity index is 2.35. The van der Waals surface area contributed by atoms with Gasteiger partial charge in [0.1, 0.15) is 5.82 Å². The number of rotatable bonds is 7. The van der Waals surface area contributed by atoms with Gasteiger partial charge in [-0.25, -0.2) is 4.98 Å². The van der Waals surface area contributed by atoms with Gasteiger partial charge in [0.25, 0.3) is 0 Å². The maximum Gasteiger partial charge on any atom is 0.389 e. The molecule has 1 aromatic rings. The van der Waals surface area contributed by atoms with Crippen molar-refractivity contribution < 1.29 is 13.2 Å². The first kappa shape index (κ1) is 15.0. The van der Waals surface area contributed by atoms with Crippen molar-refractivity contribution in [3.63, 3.8) is 0 Å². The normalized spacial score (nSPS) is 12.3. The lowest BCUT2D eigenvalue weighted by Gasteiger charge is -2.11. The standard InChI is InChI=1S/C12H20F3N3/c1-10(2)8-16-9-11-17-5-7-18(11)6-3-4-12(13,14)15/h5,7,10,16H,3-4,6,8-9H2,1-2H3. The van der Waals surface area contributed by atoms with E-state index in [1.165, 1.54) is 0 Å². The zero-order valence-electron chi connectivity index (χ0n) is 10.8. The van der Waals surface area contributed by atoms with Crippen molar-refractivity contribution in [3.8, 4) is 0 Å². The quantitative estimate of drug-likeness (QED) is 0.819. The zero-order chi connectivity index (χ0) is 13.6. The monoisotopic (exact) mass is 263 g/mol. The van der Waals surface area contributed by atoms with Gasteiger partial charge in [0.2, 0.25) is 0 Å². The van der Waals surface area contributed by atoms with Crippen molar-refractivity contribution in [2.45, 2.75) is 46.0 Å². The summed E-state index contributed by atoms with van der Waals surface area (Å²) < 4.78 is 37.9. The Morgan fingerprint density at radius 1 is 1.39 bits per heavy atom. The molecule has 0 saturated carbocycles. The number of nitrogens with zero attached hydrogens (tertiary/aromatic N) is 2. The molecule has 3 nitrogen and oxygen atoms in total. The number of hydrogen-bond acceptors (Lipinski definition) is 2. The van der Waals surface area contributed by atoms with Gasteiger partial charge in [0, 0.05) is 25.4 Å². The molecule has 6 heteroatoms. The minimum atomic E-state index is -4.07. The molecule has 1 heterocycles. The van der Waals surface area contributed by atoms with Crippen molar-refractivity contribution in [1.29, 1.82) is 0 Å². The van der Waals surface area contributed by atoms with Crippen LogP contribution in [0.2, 0.25) is 0 Å². The Hall–Kier alpha value is -1.04. The Kier molecular flexibility index (Phi) is 5.65. The van der Waals surface area contributed by atoms with E-state index in [2.05, 4.69) is 24.1 Å². The molecular weight excluding hydrogens is 243 g/mol. The third-order valence-electron chi connectivity index (χ3n) is 2.50. The highest BCUT2D eigenvalue weighted by Gasteiger charge is 2.26. The van der Waals surface area contributed by atoms with Crippen LogP contribution in [0.15, 0.2) is 12.4 Å². The van der Waals surface area contributed by atoms with Crippen LogP contribution < -0.4 is 5.32 Å². The van der Waals surface area contributed by atoms with Gasteiger partial charge in [-0.15, -0.1) is 0 Å². The lowest BCUT2D eigenvalue weighted by molar-refractivity contribution is -0.135. The van der Waals surface area contributed by atoms with E-state index in [-0.39, 0.29) is 6.42 Å². The van der Waals surface area contributed by atoms with E-state index in [1.54, 1.807) is 17.0 Å². The minimum Gasteiger partial charge on any atom is -0.334 e. The van der Waals surface area contributed by atoms with Gasteiger partial charge in [0.15, 0.2) is 0 Å². The number of alkyl halides is 3. The summed E-state index contributed by atoms with van der Waals surface area (Å²) in [7, 11) is 0. The Morgan fingerprint density at radius 3 is 2.72 bits per heavy atom. The Labute approximate surface area is 105 Å². The first-order valence-electron chi connectivity index (χ1n) is 6.16. The van der Waals surface area contributed by atoms with Gasteiger partial charge in [-0.05, 0) is 18.9 Å². The van der Waals surface area contributed by atoms with Crippen LogP contribution in [0.3, 0.4) is 0 Å². The molecular formula is C12H20F3N3. The van der Waals surface area contributed by atoms with Gasteiger partial charge in [0.05, 0.1) is 6.54 Å². The fourth-order valence-corrected chi connectivity index (χ4v) is 1.63. The van der Waals surface area contributed by atoms with Crippen LogP contribution in [0.25, 0.3) is 0 Å². The molecule has 18 heavy (non-hydrogen) atoms. The van der Waals surface area contributed by atoms with Crippen molar-refractivity contribution in [2.24, 2.45) is 5.92 Å². The summed E-state index contributed by atoms with van der Waals surface area (Å²) in [5.74, 6) is 1.33. The van der Waals surface area contributed by atoms with E-state index in [0.29, 0.717) is 19.0 Å². The largest absolute Gasteiger partial charge is 0.389 e. The Bertz CT molecular complexity index is 345. The average molecular weight is 263 g/mol. The summed E-state index contributed by atoms with van der Waals surface area (Å²) >= 11 is 0. The Morgan fingerprint density at radius 2 is 2.11 bits per heavy atom. The van der Waals surface area contributed by atoms with Gasteiger partial charge < -0.3 is 9.88 Å². The van der Waals surface area contributed by atoms with Crippen LogP contribution in [-0.2, 0) is 13.1 Å². The summed E-state index contributed by atoms with van der Waals surface area (Å²) in [6, 6.07) is 0. The van der Waals surface area contributed by atoms with Gasteiger partial charge in [-0.2, -0.15) is 13.2 Å². The van der Waals surface area contributed by atoms with E-state index in [4.69, 9.17) is 0 Å². The summed E-state index contributed by atoms with van der Waals surface area (Å²) in [5.41, 5.74) is 0. The first-order valence-corrected chi connectivity index (χ1v) is 6.16. The summed E-state index contributed by atoms with van der Waals surface area (Å²) in [6.45, 7) is 6.02. The predicted octanol–water partition coefficient (Wildman–Crippen LogP) is 2.97. The number of aryl methyl sites for hydroxylation is 1. The highest BCUT2D eigenvalue weighted by atomic mass is 19.4. The third-order valence-corrected chi connectivity index (χ3v) is 2.50. The van der Waals surface area contributed by atoms with E-state index in [9.17, 15) is 13.2 Å². The van der Waals surface area contributed by atoms with E-state index >= 15 is 0 Å². The fraction of sp³-hybridized carbons (Fsp3) is 0.750. The van der Waals surface area contributed by atoms with E-state index in [0.717, 1.165) is 12.4 Å². The van der Waals surface area contributed by atoms with E-state index < -0.39 is 12.6 Å². The second kappa shape index (κ2) is 6.78. The molecule has 0 unspecified atom stereocenters. The van der Waals surface area contributed by atoms with Crippen molar-refractivity contribution in [2.75, 3.05) is 6.54 Å². The lowest BCUT2D eigenvalue weighted by atomic mass is 10.2. The molecule has 0 radical (unpaired) electrons. The number of hydrogen-bond donors (Lipinski definition) is 1. The van der Waals surface area contributed by atoms with Crippen molar-refractivity contribution in [1.82, 2.24) is 14.9 Å². The number of halogens is 3. The smallest absolute Gasteiger partial charge is 0.334 e. The molecule has 0 fully saturated rings. The maximum atomic E-state index is 12.0. The SMILES string of the molecule is CC(C)CNCc1nccn1CCCC(F)(F)F. The average Bonchev–Trinajstić information content (AvgIpc) is 2.63. The molecule has 0 aliphatic carbocycles. The topological polar surface area (TPSA) is 29.9 Å². The minimum absolute atomic E-state index is 0.0943. The molecule has 0 aliphatic heterocycles. The van der Waals surface area contributed by atoms with Gasteiger partial charge in [-0.3, -0.25) is 0 Å². The van der Waals surface area contributed by atoms with Crippen LogP contribution in [0.4, 0.5) is 13.2 Å². The van der Waals surface area contributed by atoms with Crippen LogP contribution in [0, 0.1) is 5.92 Å². The molecule has 0 spiro atoms. The molecule has 0 bridgehead atoms. The first-order chi connectivity index (χ1) is 8.38. The van der Waals surface area contributed by atoms with Crippen LogP contribution in [0.1, 0.15) is 32.5 Å². The molecule has 0 amide bonds. The predicted molar refractivity (Wildman–Crippen MR) is 64.1 cm³/mol. The second-order valence-electron chi connectivity index (χ2n) is 4.78.